The van der Waals surface area contributed by atoms with Crippen molar-refractivity contribution in [1.29, 1.82) is 0 Å². The van der Waals surface area contributed by atoms with Gasteiger partial charge in [0, 0.05) is 0 Å². The van der Waals surface area contributed by atoms with Crippen LogP contribution in [0.1, 0.15) is 52.9 Å². The Kier molecular flexibility index (Phi) is 3.60. The van der Waals surface area contributed by atoms with Gasteiger partial charge in [0.25, 0.3) is 0 Å². The van der Waals surface area contributed by atoms with Gasteiger partial charge in [0.2, 0.25) is 0 Å². The van der Waals surface area contributed by atoms with Crippen LogP contribution in [0.3, 0.4) is 0 Å². The van der Waals surface area contributed by atoms with E-state index in [0.717, 1.165) is 18.8 Å². The van der Waals surface area contributed by atoms with E-state index in [1.165, 1.54) is 19.3 Å². The van der Waals surface area contributed by atoms with E-state index in [9.17, 15) is 5.11 Å². The summed E-state index contributed by atoms with van der Waals surface area (Å²) in [4.78, 5) is 0. The summed E-state index contributed by atoms with van der Waals surface area (Å²) in [6, 6.07) is 0. The minimum atomic E-state index is -0.226. The predicted octanol–water partition coefficient (Wildman–Crippen LogP) is 2.99. The van der Waals surface area contributed by atoms with Gasteiger partial charge in [-0.2, -0.15) is 0 Å². The third kappa shape index (κ3) is 2.28. The molecular weight excluding hydrogens is 200 g/mol. The van der Waals surface area contributed by atoms with Crippen molar-refractivity contribution >= 4 is 0 Å². The van der Waals surface area contributed by atoms with E-state index in [2.05, 4.69) is 20.8 Å². The lowest BCUT2D eigenvalue weighted by molar-refractivity contribution is -0.182. The van der Waals surface area contributed by atoms with Gasteiger partial charge < -0.3 is 9.84 Å². The van der Waals surface area contributed by atoms with E-state index in [0.29, 0.717) is 18.4 Å². The monoisotopic (exact) mass is 226 g/mol. The van der Waals surface area contributed by atoms with Crippen LogP contribution in [0.5, 0.6) is 0 Å². The van der Waals surface area contributed by atoms with Crippen LogP contribution in [-0.4, -0.2) is 23.4 Å². The number of ether oxygens (including phenoxy) is 1. The van der Waals surface area contributed by atoms with Crippen LogP contribution in [0, 0.1) is 17.8 Å². The molecule has 1 saturated heterocycles. The molecule has 2 fully saturated rings. The maximum absolute atomic E-state index is 9.59. The fraction of sp³-hybridized carbons (Fsp3) is 1.00. The molecule has 0 aromatic heterocycles. The quantitative estimate of drug-likeness (QED) is 0.745. The normalized spacial score (nSPS) is 45.2. The second kappa shape index (κ2) is 4.66. The highest BCUT2D eigenvalue weighted by molar-refractivity contribution is 4.97. The third-order valence-electron chi connectivity index (χ3n) is 4.61. The summed E-state index contributed by atoms with van der Waals surface area (Å²) in [5, 5.41) is 9.59. The van der Waals surface area contributed by atoms with Crippen LogP contribution in [-0.2, 0) is 4.74 Å². The second-order valence-corrected chi connectivity index (χ2v) is 6.31. The summed E-state index contributed by atoms with van der Waals surface area (Å²) in [6.07, 6.45) is 5.60. The Bertz CT molecular complexity index is 229. The number of rotatable bonds is 1. The molecule has 0 amide bonds. The summed E-state index contributed by atoms with van der Waals surface area (Å²) in [7, 11) is 0. The first-order valence-corrected chi connectivity index (χ1v) is 6.85. The second-order valence-electron chi connectivity index (χ2n) is 6.31. The predicted molar refractivity (Wildman–Crippen MR) is 65.3 cm³/mol. The van der Waals surface area contributed by atoms with Gasteiger partial charge in [-0.3, -0.25) is 0 Å². The molecule has 0 radical (unpaired) electrons. The molecule has 1 heterocycles. The molecule has 2 nitrogen and oxygen atoms in total. The van der Waals surface area contributed by atoms with Crippen molar-refractivity contribution in [2.75, 3.05) is 6.61 Å². The average molecular weight is 226 g/mol. The van der Waals surface area contributed by atoms with E-state index in [-0.39, 0.29) is 11.7 Å². The van der Waals surface area contributed by atoms with E-state index in [4.69, 9.17) is 4.74 Å². The van der Waals surface area contributed by atoms with Gasteiger partial charge in [-0.1, -0.05) is 27.2 Å². The first-order chi connectivity index (χ1) is 7.53. The minimum absolute atomic E-state index is 0.0884. The van der Waals surface area contributed by atoms with Crippen molar-refractivity contribution in [3.63, 3.8) is 0 Å². The Morgan fingerprint density at radius 3 is 2.56 bits per heavy atom. The highest BCUT2D eigenvalue weighted by atomic mass is 16.5. The van der Waals surface area contributed by atoms with Crippen molar-refractivity contribution in [3.8, 4) is 0 Å². The highest BCUT2D eigenvalue weighted by Gasteiger charge is 2.47. The Hall–Kier alpha value is -0.0800. The van der Waals surface area contributed by atoms with Gasteiger partial charge in [0.15, 0.2) is 0 Å². The van der Waals surface area contributed by atoms with Gasteiger partial charge in [-0.05, 0) is 43.4 Å². The number of aliphatic hydroxyl groups is 1. The molecule has 1 N–H and O–H groups in total. The van der Waals surface area contributed by atoms with Crippen LogP contribution < -0.4 is 0 Å². The summed E-state index contributed by atoms with van der Waals surface area (Å²) in [6.45, 7) is 7.52. The number of hydrogen-bond donors (Lipinski definition) is 1. The molecule has 0 bridgehead atoms. The lowest BCUT2D eigenvalue weighted by atomic mass is 9.64. The summed E-state index contributed by atoms with van der Waals surface area (Å²) in [5.74, 6) is 2.17. The Balaban J connectivity index is 2.12. The lowest BCUT2D eigenvalue weighted by Crippen LogP contribution is -2.51. The molecule has 3 unspecified atom stereocenters. The van der Waals surface area contributed by atoms with Gasteiger partial charge in [0.05, 0.1) is 18.3 Å². The summed E-state index contributed by atoms with van der Waals surface area (Å²) >= 11 is 0. The molecule has 1 saturated carbocycles. The van der Waals surface area contributed by atoms with E-state index >= 15 is 0 Å². The van der Waals surface area contributed by atoms with Crippen molar-refractivity contribution in [1.82, 2.24) is 0 Å². The van der Waals surface area contributed by atoms with Crippen LogP contribution in [0.4, 0.5) is 0 Å². The fourth-order valence-corrected chi connectivity index (χ4v) is 3.79. The van der Waals surface area contributed by atoms with Crippen molar-refractivity contribution in [2.24, 2.45) is 17.8 Å². The zero-order valence-corrected chi connectivity index (χ0v) is 10.9. The molecule has 94 valence electrons. The topological polar surface area (TPSA) is 29.5 Å². The molecule has 1 spiro atoms. The lowest BCUT2D eigenvalue weighted by Gasteiger charge is -2.50. The van der Waals surface area contributed by atoms with E-state index < -0.39 is 0 Å². The number of hydrogen-bond acceptors (Lipinski definition) is 2. The van der Waals surface area contributed by atoms with Crippen molar-refractivity contribution < 1.29 is 9.84 Å². The van der Waals surface area contributed by atoms with Crippen LogP contribution in [0.15, 0.2) is 0 Å². The molecule has 1 aliphatic carbocycles. The van der Waals surface area contributed by atoms with E-state index in [1.54, 1.807) is 0 Å². The van der Waals surface area contributed by atoms with Crippen LogP contribution >= 0.6 is 0 Å². The van der Waals surface area contributed by atoms with Crippen molar-refractivity contribution in [2.45, 2.75) is 64.6 Å². The molecule has 2 rings (SSSR count). The summed E-state index contributed by atoms with van der Waals surface area (Å²) < 4.78 is 6.11. The SMILES string of the molecule is CC1CCC(C(C)C)[C@@]2(CCC(O)CO2)C1. The van der Waals surface area contributed by atoms with Crippen LogP contribution in [0.2, 0.25) is 0 Å². The Morgan fingerprint density at radius 2 is 2.00 bits per heavy atom. The molecule has 2 aliphatic rings. The molecule has 0 aromatic rings. The molecule has 2 heteroatoms. The first-order valence-electron chi connectivity index (χ1n) is 6.85. The van der Waals surface area contributed by atoms with Gasteiger partial charge >= 0.3 is 0 Å². The zero-order valence-electron chi connectivity index (χ0n) is 10.9. The van der Waals surface area contributed by atoms with E-state index in [1.807, 2.05) is 0 Å². The first kappa shape index (κ1) is 12.4. The molecule has 16 heavy (non-hydrogen) atoms. The Morgan fingerprint density at radius 1 is 1.25 bits per heavy atom. The standard InChI is InChI=1S/C14H26O2/c1-10(2)13-5-4-11(3)8-14(13)7-6-12(15)9-16-14/h10-13,15H,4-9H2,1-3H3/t11?,12?,13?,14-/m1/s1. The van der Waals surface area contributed by atoms with Gasteiger partial charge in [-0.15, -0.1) is 0 Å². The minimum Gasteiger partial charge on any atom is -0.391 e. The molecule has 4 atom stereocenters. The average Bonchev–Trinajstić information content (AvgIpc) is 2.22. The van der Waals surface area contributed by atoms with Gasteiger partial charge in [-0.25, -0.2) is 0 Å². The largest absolute Gasteiger partial charge is 0.391 e. The summed E-state index contributed by atoms with van der Waals surface area (Å²) in [5.41, 5.74) is 0.0884. The fourth-order valence-electron chi connectivity index (χ4n) is 3.79. The highest BCUT2D eigenvalue weighted by Crippen LogP contribution is 2.47. The van der Waals surface area contributed by atoms with Crippen LogP contribution in [0.25, 0.3) is 0 Å². The third-order valence-corrected chi connectivity index (χ3v) is 4.61. The molecule has 0 aromatic carbocycles. The molecule has 1 aliphatic heterocycles. The maximum Gasteiger partial charge on any atom is 0.0775 e. The van der Waals surface area contributed by atoms with Crippen molar-refractivity contribution in [3.05, 3.63) is 0 Å². The number of aliphatic hydroxyl groups excluding tert-OH is 1. The maximum atomic E-state index is 9.59. The zero-order chi connectivity index (χ0) is 11.8. The van der Waals surface area contributed by atoms with Gasteiger partial charge in [0.1, 0.15) is 0 Å². The smallest absolute Gasteiger partial charge is 0.0775 e. The molecular formula is C14H26O2. The Labute approximate surface area is 99.4 Å².